The number of amides is 1. The van der Waals surface area contributed by atoms with Crippen LogP contribution in [0, 0.1) is 0 Å². The summed E-state index contributed by atoms with van der Waals surface area (Å²) in [6.07, 6.45) is 3.64. The van der Waals surface area contributed by atoms with Crippen LogP contribution in [0.4, 0.5) is 5.69 Å². The van der Waals surface area contributed by atoms with Gasteiger partial charge in [-0.3, -0.25) is 9.52 Å². The van der Waals surface area contributed by atoms with Crippen molar-refractivity contribution in [3.8, 4) is 11.5 Å². The van der Waals surface area contributed by atoms with Crippen LogP contribution in [-0.2, 0) is 19.6 Å². The largest absolute Gasteiger partial charge is 0.486 e. The minimum absolute atomic E-state index is 0.00933. The van der Waals surface area contributed by atoms with Gasteiger partial charge >= 0.3 is 5.97 Å². The van der Waals surface area contributed by atoms with E-state index >= 15 is 0 Å². The molecule has 1 aliphatic carbocycles. The summed E-state index contributed by atoms with van der Waals surface area (Å²) < 4.78 is 44.5. The average Bonchev–Trinajstić information content (AvgIpc) is 2.84. The van der Waals surface area contributed by atoms with Crippen molar-refractivity contribution in [1.29, 1.82) is 0 Å². The molecule has 2 aliphatic rings. The van der Waals surface area contributed by atoms with Crippen LogP contribution in [-0.4, -0.2) is 45.7 Å². The summed E-state index contributed by atoms with van der Waals surface area (Å²) >= 11 is 0. The van der Waals surface area contributed by atoms with Gasteiger partial charge in [0.1, 0.15) is 18.8 Å². The fourth-order valence-corrected chi connectivity index (χ4v) is 5.29. The maximum atomic E-state index is 13.0. The van der Waals surface area contributed by atoms with Crippen molar-refractivity contribution in [3.63, 3.8) is 0 Å². The maximum absolute atomic E-state index is 13.0. The number of anilines is 1. The van der Waals surface area contributed by atoms with Gasteiger partial charge in [0.15, 0.2) is 11.5 Å². The molecule has 4 rings (SSSR count). The van der Waals surface area contributed by atoms with Crippen molar-refractivity contribution in [2.45, 2.75) is 49.5 Å². The predicted molar refractivity (Wildman–Crippen MR) is 125 cm³/mol. The van der Waals surface area contributed by atoms with E-state index in [9.17, 15) is 18.0 Å². The molecule has 2 aromatic carbocycles. The number of sulfonamides is 1. The molecule has 1 heterocycles. The number of ether oxygens (including phenoxy) is 3. The molecule has 0 bridgehead atoms. The normalized spacial score (nSPS) is 16.9. The summed E-state index contributed by atoms with van der Waals surface area (Å²) in [6, 6.07) is 10.5. The summed E-state index contributed by atoms with van der Waals surface area (Å²) in [5, 5.41) is 2.87. The molecular weight excluding hydrogens is 460 g/mol. The topological polar surface area (TPSA) is 120 Å². The predicted octanol–water partition coefficient (Wildman–Crippen LogP) is 3.25. The Morgan fingerprint density at radius 1 is 1.00 bits per heavy atom. The Balaban J connectivity index is 1.52. The van der Waals surface area contributed by atoms with Crippen LogP contribution in [0.3, 0.4) is 0 Å². The number of nitrogens with one attached hydrogen (secondary N) is 2. The highest BCUT2D eigenvalue weighted by Crippen LogP contribution is 2.33. The fourth-order valence-electron chi connectivity index (χ4n) is 4.22. The van der Waals surface area contributed by atoms with E-state index in [4.69, 9.17) is 14.2 Å². The van der Waals surface area contributed by atoms with Gasteiger partial charge in [-0.15, -0.1) is 0 Å². The quantitative estimate of drug-likeness (QED) is 0.574. The highest BCUT2D eigenvalue weighted by molar-refractivity contribution is 7.92. The second-order valence-electron chi connectivity index (χ2n) is 8.31. The van der Waals surface area contributed by atoms with E-state index in [1.807, 2.05) is 0 Å². The van der Waals surface area contributed by atoms with Crippen molar-refractivity contribution < 1.29 is 32.2 Å². The number of carbonyl (C=O) groups excluding carboxylic acids is 2. The van der Waals surface area contributed by atoms with Crippen LogP contribution < -0.4 is 19.5 Å². The Morgan fingerprint density at radius 3 is 2.47 bits per heavy atom. The molecule has 1 saturated carbocycles. The average molecular weight is 489 g/mol. The molecule has 0 spiro atoms. The van der Waals surface area contributed by atoms with Crippen molar-refractivity contribution in [1.82, 2.24) is 5.32 Å². The van der Waals surface area contributed by atoms with Gasteiger partial charge < -0.3 is 19.5 Å². The highest BCUT2D eigenvalue weighted by Gasteiger charge is 2.42. The van der Waals surface area contributed by atoms with E-state index in [0.29, 0.717) is 37.6 Å². The van der Waals surface area contributed by atoms with Crippen molar-refractivity contribution in [2.75, 3.05) is 24.5 Å². The Hall–Kier alpha value is -3.27. The summed E-state index contributed by atoms with van der Waals surface area (Å²) in [5.74, 6) is -0.0463. The number of fused-ring (bicyclic) bond motifs is 1. The second kappa shape index (κ2) is 9.92. The number of hydrogen-bond donors (Lipinski definition) is 2. The first-order valence-electron chi connectivity index (χ1n) is 11.4. The Morgan fingerprint density at radius 2 is 1.74 bits per heavy atom. The van der Waals surface area contributed by atoms with Crippen LogP contribution in [0.5, 0.6) is 11.5 Å². The van der Waals surface area contributed by atoms with Crippen LogP contribution in [0.25, 0.3) is 0 Å². The standard InChI is InChI=1S/C24H28N2O7S/c1-2-31-23(28)24(11-4-3-5-12-24)25-22(27)17-7-6-8-18(15-17)26-34(29,30)19-9-10-20-21(16-19)33-14-13-32-20/h6-10,15-16,26H,2-5,11-14H2,1H3,(H,25,27). The van der Waals surface area contributed by atoms with Crippen molar-refractivity contribution >= 4 is 27.6 Å². The molecule has 2 aromatic rings. The lowest BCUT2D eigenvalue weighted by molar-refractivity contribution is -0.152. The molecule has 0 atom stereocenters. The minimum atomic E-state index is -3.94. The first kappa shape index (κ1) is 23.9. The first-order chi connectivity index (χ1) is 16.3. The van der Waals surface area contributed by atoms with E-state index in [2.05, 4.69) is 10.0 Å². The summed E-state index contributed by atoms with van der Waals surface area (Å²) in [7, 11) is -3.94. The SMILES string of the molecule is CCOC(=O)C1(NC(=O)c2cccc(NS(=O)(=O)c3ccc4c(c3)OCCO4)c2)CCCCC1. The lowest BCUT2D eigenvalue weighted by Gasteiger charge is -2.35. The van der Waals surface area contributed by atoms with Crippen LogP contribution in [0.15, 0.2) is 47.4 Å². The van der Waals surface area contributed by atoms with E-state index < -0.39 is 27.4 Å². The molecule has 1 amide bonds. The second-order valence-corrected chi connectivity index (χ2v) is 9.99. The van der Waals surface area contributed by atoms with Gasteiger partial charge in [0.25, 0.3) is 15.9 Å². The molecule has 1 aliphatic heterocycles. The van der Waals surface area contributed by atoms with Gasteiger partial charge in [-0.2, -0.15) is 0 Å². The van der Waals surface area contributed by atoms with E-state index in [1.54, 1.807) is 31.2 Å². The summed E-state index contributed by atoms with van der Waals surface area (Å²) in [4.78, 5) is 25.7. The van der Waals surface area contributed by atoms with Crippen molar-refractivity contribution in [3.05, 3.63) is 48.0 Å². The molecule has 2 N–H and O–H groups in total. The number of esters is 1. The maximum Gasteiger partial charge on any atom is 0.331 e. The van der Waals surface area contributed by atoms with Crippen LogP contribution >= 0.6 is 0 Å². The number of benzene rings is 2. The van der Waals surface area contributed by atoms with Crippen molar-refractivity contribution in [2.24, 2.45) is 0 Å². The molecular formula is C24H28N2O7S. The molecule has 0 aromatic heterocycles. The third kappa shape index (κ3) is 5.11. The summed E-state index contributed by atoms with van der Waals surface area (Å²) in [5.41, 5.74) is -0.612. The molecule has 0 saturated heterocycles. The van der Waals surface area contributed by atoms with Gasteiger partial charge in [-0.05, 0) is 50.1 Å². The molecule has 0 unspecified atom stereocenters. The van der Waals surface area contributed by atoms with E-state index in [1.165, 1.54) is 18.2 Å². The monoisotopic (exact) mass is 488 g/mol. The lowest BCUT2D eigenvalue weighted by atomic mass is 9.81. The highest BCUT2D eigenvalue weighted by atomic mass is 32.2. The molecule has 10 heteroatoms. The molecule has 182 valence electrons. The zero-order chi connectivity index (χ0) is 24.2. The Kier molecular flexibility index (Phi) is 6.97. The number of hydrogen-bond acceptors (Lipinski definition) is 7. The molecule has 1 fully saturated rings. The zero-order valence-corrected chi connectivity index (χ0v) is 19.8. The fraction of sp³-hybridized carbons (Fsp3) is 0.417. The minimum Gasteiger partial charge on any atom is -0.486 e. The Labute approximate surface area is 198 Å². The van der Waals surface area contributed by atoms with Gasteiger partial charge in [0, 0.05) is 17.3 Å². The van der Waals surface area contributed by atoms with Gasteiger partial charge in [-0.25, -0.2) is 13.2 Å². The van der Waals surface area contributed by atoms with Gasteiger partial charge in [-0.1, -0.05) is 25.3 Å². The van der Waals surface area contributed by atoms with Gasteiger partial charge in [0.2, 0.25) is 0 Å². The van der Waals surface area contributed by atoms with Crippen LogP contribution in [0.2, 0.25) is 0 Å². The number of carbonyl (C=O) groups is 2. The summed E-state index contributed by atoms with van der Waals surface area (Å²) in [6.45, 7) is 2.71. The van der Waals surface area contributed by atoms with E-state index in [-0.39, 0.29) is 22.8 Å². The van der Waals surface area contributed by atoms with Gasteiger partial charge in [0.05, 0.1) is 11.5 Å². The molecule has 9 nitrogen and oxygen atoms in total. The molecule has 0 radical (unpaired) electrons. The van der Waals surface area contributed by atoms with Crippen LogP contribution in [0.1, 0.15) is 49.4 Å². The lowest BCUT2D eigenvalue weighted by Crippen LogP contribution is -2.56. The smallest absolute Gasteiger partial charge is 0.331 e. The zero-order valence-electron chi connectivity index (χ0n) is 19.0. The third-order valence-electron chi connectivity index (χ3n) is 5.93. The molecule has 34 heavy (non-hydrogen) atoms. The third-order valence-corrected chi connectivity index (χ3v) is 7.31. The Bertz CT molecular complexity index is 1170. The van der Waals surface area contributed by atoms with E-state index in [0.717, 1.165) is 19.3 Å². The first-order valence-corrected chi connectivity index (χ1v) is 12.8. The number of rotatable bonds is 7.